The van der Waals surface area contributed by atoms with E-state index >= 15 is 0 Å². The molecule has 2 aromatic rings. The predicted octanol–water partition coefficient (Wildman–Crippen LogP) is 4.01. The number of carbonyl (C=O) groups is 1. The van der Waals surface area contributed by atoms with Crippen LogP contribution in [0.4, 0.5) is 8.78 Å². The zero-order valence-corrected chi connectivity index (χ0v) is 12.4. The first-order chi connectivity index (χ1) is 10.0. The van der Waals surface area contributed by atoms with Crippen molar-refractivity contribution < 1.29 is 13.6 Å². The predicted molar refractivity (Wildman–Crippen MR) is 78.6 cm³/mol. The number of halogens is 2. The summed E-state index contributed by atoms with van der Waals surface area (Å²) in [6, 6.07) is 5.25. The van der Waals surface area contributed by atoms with E-state index in [1.54, 1.807) is 6.92 Å². The van der Waals surface area contributed by atoms with Gasteiger partial charge in [0.1, 0.15) is 0 Å². The van der Waals surface area contributed by atoms with E-state index in [1.165, 1.54) is 27.8 Å². The van der Waals surface area contributed by atoms with Crippen molar-refractivity contribution in [3.05, 3.63) is 56.8 Å². The Morgan fingerprint density at radius 1 is 1.24 bits per heavy atom. The van der Waals surface area contributed by atoms with Gasteiger partial charge in [-0.05, 0) is 55.5 Å². The second kappa shape index (κ2) is 5.56. The standard InChI is InChI=1S/C16H15F2NOS/c1-9(10-5-6-12(17)13(18)7-10)19-16(20)15-8-11-3-2-4-14(11)21-15/h5-9H,2-4H2,1H3,(H,19,20). The molecule has 0 saturated heterocycles. The van der Waals surface area contributed by atoms with E-state index in [4.69, 9.17) is 0 Å². The molecule has 5 heteroatoms. The minimum Gasteiger partial charge on any atom is -0.345 e. The topological polar surface area (TPSA) is 29.1 Å². The van der Waals surface area contributed by atoms with Crippen LogP contribution in [0.5, 0.6) is 0 Å². The number of hydrogen-bond acceptors (Lipinski definition) is 2. The van der Waals surface area contributed by atoms with Crippen molar-refractivity contribution in [1.82, 2.24) is 5.32 Å². The number of benzene rings is 1. The van der Waals surface area contributed by atoms with Crippen molar-refractivity contribution in [3.63, 3.8) is 0 Å². The van der Waals surface area contributed by atoms with Crippen LogP contribution in [-0.2, 0) is 12.8 Å². The summed E-state index contributed by atoms with van der Waals surface area (Å²) in [6.07, 6.45) is 3.25. The SMILES string of the molecule is CC(NC(=O)c1cc2c(s1)CCC2)c1ccc(F)c(F)c1. The van der Waals surface area contributed by atoms with Gasteiger partial charge in [0.25, 0.3) is 5.91 Å². The molecule has 0 spiro atoms. The average molecular weight is 307 g/mol. The van der Waals surface area contributed by atoms with Crippen LogP contribution in [0.15, 0.2) is 24.3 Å². The molecule has 0 saturated carbocycles. The maximum absolute atomic E-state index is 13.2. The van der Waals surface area contributed by atoms with Crippen LogP contribution in [0.2, 0.25) is 0 Å². The summed E-state index contributed by atoms with van der Waals surface area (Å²) in [5.74, 6) is -1.94. The second-order valence-corrected chi connectivity index (χ2v) is 6.42. The number of amides is 1. The molecule has 1 heterocycles. The minimum atomic E-state index is -0.899. The Hall–Kier alpha value is -1.75. The number of thiophene rings is 1. The first-order valence-corrected chi connectivity index (χ1v) is 7.73. The lowest BCUT2D eigenvalue weighted by Gasteiger charge is -2.14. The van der Waals surface area contributed by atoms with E-state index in [1.807, 2.05) is 6.07 Å². The number of fused-ring (bicyclic) bond motifs is 1. The number of aryl methyl sites for hydroxylation is 2. The van der Waals surface area contributed by atoms with Crippen molar-refractivity contribution in [2.75, 3.05) is 0 Å². The molecule has 3 rings (SSSR count). The molecule has 1 N–H and O–H groups in total. The monoisotopic (exact) mass is 307 g/mol. The molecule has 21 heavy (non-hydrogen) atoms. The molecule has 0 radical (unpaired) electrons. The first kappa shape index (κ1) is 14.2. The largest absolute Gasteiger partial charge is 0.345 e. The van der Waals surface area contributed by atoms with Gasteiger partial charge in [0.2, 0.25) is 0 Å². The summed E-state index contributed by atoms with van der Waals surface area (Å²) < 4.78 is 26.1. The van der Waals surface area contributed by atoms with Crippen LogP contribution in [0.3, 0.4) is 0 Å². The van der Waals surface area contributed by atoms with Crippen molar-refractivity contribution in [2.45, 2.75) is 32.2 Å². The van der Waals surface area contributed by atoms with Gasteiger partial charge in [-0.25, -0.2) is 8.78 Å². The number of hydrogen-bond donors (Lipinski definition) is 1. The maximum atomic E-state index is 13.2. The highest BCUT2D eigenvalue weighted by molar-refractivity contribution is 7.14. The fourth-order valence-corrected chi connectivity index (χ4v) is 3.73. The summed E-state index contributed by atoms with van der Waals surface area (Å²) in [4.78, 5) is 14.2. The quantitative estimate of drug-likeness (QED) is 0.912. The van der Waals surface area contributed by atoms with Crippen molar-refractivity contribution in [3.8, 4) is 0 Å². The van der Waals surface area contributed by atoms with Gasteiger partial charge < -0.3 is 5.32 Å². The zero-order chi connectivity index (χ0) is 15.0. The van der Waals surface area contributed by atoms with Gasteiger partial charge in [-0.15, -0.1) is 11.3 Å². The molecule has 1 aliphatic rings. The van der Waals surface area contributed by atoms with Crippen LogP contribution in [-0.4, -0.2) is 5.91 Å². The molecule has 0 fully saturated rings. The molecule has 110 valence electrons. The van der Waals surface area contributed by atoms with Crippen molar-refractivity contribution in [1.29, 1.82) is 0 Å². The maximum Gasteiger partial charge on any atom is 0.261 e. The highest BCUT2D eigenvalue weighted by Gasteiger charge is 2.20. The van der Waals surface area contributed by atoms with Gasteiger partial charge in [0.05, 0.1) is 10.9 Å². The van der Waals surface area contributed by atoms with Gasteiger partial charge in [-0.1, -0.05) is 6.07 Å². The third-order valence-electron chi connectivity index (χ3n) is 3.76. The third kappa shape index (κ3) is 2.83. The van der Waals surface area contributed by atoms with E-state index in [0.29, 0.717) is 10.4 Å². The summed E-state index contributed by atoms with van der Waals surface area (Å²) >= 11 is 1.53. The fraction of sp³-hybridized carbons (Fsp3) is 0.312. The Bertz CT molecular complexity index is 674. The van der Waals surface area contributed by atoms with Crippen molar-refractivity contribution in [2.24, 2.45) is 0 Å². The summed E-state index contributed by atoms with van der Waals surface area (Å²) in [5, 5.41) is 2.83. The van der Waals surface area contributed by atoms with E-state index in [0.717, 1.165) is 31.4 Å². The fourth-order valence-electron chi connectivity index (χ4n) is 2.57. The van der Waals surface area contributed by atoms with Crippen LogP contribution >= 0.6 is 11.3 Å². The molecule has 1 aliphatic carbocycles. The summed E-state index contributed by atoms with van der Waals surface area (Å²) in [7, 11) is 0. The molecule has 1 aromatic carbocycles. The molecule has 1 atom stereocenters. The minimum absolute atomic E-state index is 0.161. The highest BCUT2D eigenvalue weighted by atomic mass is 32.1. The lowest BCUT2D eigenvalue weighted by atomic mass is 10.1. The molecular formula is C16H15F2NOS. The van der Waals surface area contributed by atoms with Crippen LogP contribution in [0.1, 0.15) is 45.1 Å². The van der Waals surface area contributed by atoms with E-state index in [-0.39, 0.29) is 11.9 Å². The number of carbonyl (C=O) groups excluding carboxylic acids is 1. The van der Waals surface area contributed by atoms with Gasteiger partial charge in [-0.3, -0.25) is 4.79 Å². The van der Waals surface area contributed by atoms with E-state index in [9.17, 15) is 13.6 Å². The number of nitrogens with one attached hydrogen (secondary N) is 1. The van der Waals surface area contributed by atoms with Crippen molar-refractivity contribution >= 4 is 17.2 Å². The molecular weight excluding hydrogens is 292 g/mol. The molecule has 2 nitrogen and oxygen atoms in total. The Kier molecular flexibility index (Phi) is 3.76. The van der Waals surface area contributed by atoms with Crippen LogP contribution < -0.4 is 5.32 Å². The second-order valence-electron chi connectivity index (χ2n) is 5.28. The lowest BCUT2D eigenvalue weighted by Crippen LogP contribution is -2.26. The van der Waals surface area contributed by atoms with E-state index < -0.39 is 11.6 Å². The molecule has 0 aliphatic heterocycles. The molecule has 0 bridgehead atoms. The van der Waals surface area contributed by atoms with Crippen LogP contribution in [0.25, 0.3) is 0 Å². The Balaban J connectivity index is 1.72. The first-order valence-electron chi connectivity index (χ1n) is 6.92. The molecule has 1 unspecified atom stereocenters. The van der Waals surface area contributed by atoms with Gasteiger partial charge in [0, 0.05) is 4.88 Å². The van der Waals surface area contributed by atoms with E-state index in [2.05, 4.69) is 5.32 Å². The summed E-state index contributed by atoms with van der Waals surface area (Å²) in [6.45, 7) is 1.76. The average Bonchev–Trinajstić information content (AvgIpc) is 3.02. The normalized spacial score (nSPS) is 14.8. The van der Waals surface area contributed by atoms with Crippen LogP contribution in [0, 0.1) is 11.6 Å². The third-order valence-corrected chi connectivity index (χ3v) is 5.00. The smallest absolute Gasteiger partial charge is 0.261 e. The Labute approximate surface area is 125 Å². The van der Waals surface area contributed by atoms with Gasteiger partial charge in [-0.2, -0.15) is 0 Å². The molecule has 1 aromatic heterocycles. The lowest BCUT2D eigenvalue weighted by molar-refractivity contribution is 0.0944. The zero-order valence-electron chi connectivity index (χ0n) is 11.6. The van der Waals surface area contributed by atoms with Gasteiger partial charge in [0.15, 0.2) is 11.6 Å². The Morgan fingerprint density at radius 3 is 2.76 bits per heavy atom. The summed E-state index contributed by atoms with van der Waals surface area (Å²) in [5.41, 5.74) is 1.82. The number of rotatable bonds is 3. The highest BCUT2D eigenvalue weighted by Crippen LogP contribution is 2.30. The Morgan fingerprint density at radius 2 is 2.05 bits per heavy atom. The van der Waals surface area contributed by atoms with Gasteiger partial charge >= 0.3 is 0 Å². The molecule has 1 amide bonds.